The Labute approximate surface area is 164 Å². The molecular formula is C19H24ClN3O4. The van der Waals surface area contributed by atoms with E-state index in [2.05, 4.69) is 5.32 Å². The number of rotatable bonds is 3. The van der Waals surface area contributed by atoms with Crippen molar-refractivity contribution < 1.29 is 19.1 Å². The number of carbonyl (C=O) groups is 3. The lowest BCUT2D eigenvalue weighted by atomic mass is 10.0. The Balaban J connectivity index is 0.00000210. The highest BCUT2D eigenvalue weighted by molar-refractivity contribution is 6.22. The molecule has 3 amide bonds. The smallest absolute Gasteiger partial charge is 0.261 e. The van der Waals surface area contributed by atoms with Gasteiger partial charge in [0.1, 0.15) is 0 Å². The SMILES string of the molecule is Cl.O=C(c1ccc2c(c1)C(=O)N(CC1CCCO1)C2=O)N1CCCNCC1. The van der Waals surface area contributed by atoms with Gasteiger partial charge in [0.25, 0.3) is 17.7 Å². The van der Waals surface area contributed by atoms with Crippen LogP contribution in [0.25, 0.3) is 0 Å². The van der Waals surface area contributed by atoms with Gasteiger partial charge in [-0.2, -0.15) is 0 Å². The van der Waals surface area contributed by atoms with E-state index in [0.29, 0.717) is 36.4 Å². The molecule has 3 heterocycles. The van der Waals surface area contributed by atoms with Crippen LogP contribution in [0.1, 0.15) is 50.3 Å². The number of nitrogens with zero attached hydrogens (tertiary/aromatic N) is 2. The van der Waals surface area contributed by atoms with Gasteiger partial charge in [0.2, 0.25) is 0 Å². The molecule has 0 radical (unpaired) electrons. The quantitative estimate of drug-likeness (QED) is 0.783. The summed E-state index contributed by atoms with van der Waals surface area (Å²) in [6.45, 7) is 3.97. The van der Waals surface area contributed by atoms with Crippen LogP contribution < -0.4 is 5.32 Å². The van der Waals surface area contributed by atoms with Crippen molar-refractivity contribution in [2.45, 2.75) is 25.4 Å². The lowest BCUT2D eigenvalue weighted by molar-refractivity contribution is 0.0475. The van der Waals surface area contributed by atoms with E-state index in [1.807, 2.05) is 0 Å². The van der Waals surface area contributed by atoms with Crippen LogP contribution in [-0.4, -0.2) is 73.0 Å². The van der Waals surface area contributed by atoms with Gasteiger partial charge in [-0.15, -0.1) is 12.4 Å². The average Bonchev–Trinajstić information content (AvgIpc) is 3.13. The Morgan fingerprint density at radius 3 is 2.70 bits per heavy atom. The highest BCUT2D eigenvalue weighted by Crippen LogP contribution is 2.26. The van der Waals surface area contributed by atoms with Gasteiger partial charge in [0, 0.05) is 31.8 Å². The van der Waals surface area contributed by atoms with Crippen LogP contribution in [0.4, 0.5) is 0 Å². The molecule has 4 rings (SSSR count). The summed E-state index contributed by atoms with van der Waals surface area (Å²) in [4.78, 5) is 41.1. The zero-order valence-corrected chi connectivity index (χ0v) is 15.9. The number of carbonyl (C=O) groups excluding carboxylic acids is 3. The molecule has 1 atom stereocenters. The number of ether oxygens (including phenoxy) is 1. The van der Waals surface area contributed by atoms with Crippen molar-refractivity contribution in [2.75, 3.05) is 39.3 Å². The number of hydrogen-bond donors (Lipinski definition) is 1. The van der Waals surface area contributed by atoms with Crippen LogP contribution in [-0.2, 0) is 4.74 Å². The normalized spacial score (nSPS) is 22.4. The van der Waals surface area contributed by atoms with E-state index in [1.54, 1.807) is 23.1 Å². The van der Waals surface area contributed by atoms with E-state index < -0.39 is 0 Å². The predicted octanol–water partition coefficient (Wildman–Crippen LogP) is 1.32. The maximum Gasteiger partial charge on any atom is 0.261 e. The van der Waals surface area contributed by atoms with Gasteiger partial charge in [-0.1, -0.05) is 0 Å². The molecule has 8 heteroatoms. The van der Waals surface area contributed by atoms with E-state index >= 15 is 0 Å². The molecule has 0 saturated carbocycles. The first-order chi connectivity index (χ1) is 12.6. The van der Waals surface area contributed by atoms with Crippen LogP contribution in [0.3, 0.4) is 0 Å². The first kappa shape index (κ1) is 19.8. The van der Waals surface area contributed by atoms with Crippen molar-refractivity contribution >= 4 is 30.1 Å². The van der Waals surface area contributed by atoms with Crippen molar-refractivity contribution in [1.82, 2.24) is 15.1 Å². The number of hydrogen-bond acceptors (Lipinski definition) is 5. The first-order valence-electron chi connectivity index (χ1n) is 9.27. The molecule has 1 N–H and O–H groups in total. The maximum atomic E-state index is 12.8. The van der Waals surface area contributed by atoms with Crippen molar-refractivity contribution in [1.29, 1.82) is 0 Å². The first-order valence-corrected chi connectivity index (χ1v) is 9.27. The van der Waals surface area contributed by atoms with Crippen molar-refractivity contribution in [3.05, 3.63) is 34.9 Å². The number of nitrogens with one attached hydrogen (secondary N) is 1. The average molecular weight is 394 g/mol. The summed E-state index contributed by atoms with van der Waals surface area (Å²) in [6, 6.07) is 4.83. The second-order valence-corrected chi connectivity index (χ2v) is 7.01. The number of benzene rings is 1. The standard InChI is InChI=1S/C19H23N3O4.ClH/c23-17(21-8-2-6-20-7-9-21)13-4-5-15-16(11-13)19(25)22(18(15)24)12-14-3-1-10-26-14;/h4-5,11,14,20H,1-3,6-10,12H2;1H. The van der Waals surface area contributed by atoms with Gasteiger partial charge in [0.15, 0.2) is 0 Å². The Kier molecular flexibility index (Phi) is 6.14. The molecule has 1 unspecified atom stereocenters. The van der Waals surface area contributed by atoms with Crippen molar-refractivity contribution in [3.63, 3.8) is 0 Å². The van der Waals surface area contributed by atoms with Crippen LogP contribution in [0.2, 0.25) is 0 Å². The second kappa shape index (κ2) is 8.37. The van der Waals surface area contributed by atoms with E-state index in [-0.39, 0.29) is 42.8 Å². The summed E-state index contributed by atoms with van der Waals surface area (Å²) in [5, 5.41) is 3.27. The summed E-state index contributed by atoms with van der Waals surface area (Å²) in [6.07, 6.45) is 2.64. The predicted molar refractivity (Wildman–Crippen MR) is 101 cm³/mol. The zero-order valence-electron chi connectivity index (χ0n) is 15.1. The third-order valence-electron chi connectivity index (χ3n) is 5.26. The highest BCUT2D eigenvalue weighted by atomic mass is 35.5. The molecule has 0 aromatic heterocycles. The summed E-state index contributed by atoms with van der Waals surface area (Å²) >= 11 is 0. The summed E-state index contributed by atoms with van der Waals surface area (Å²) in [7, 11) is 0. The van der Waals surface area contributed by atoms with Crippen LogP contribution >= 0.6 is 12.4 Å². The minimum absolute atomic E-state index is 0. The molecule has 146 valence electrons. The van der Waals surface area contributed by atoms with E-state index in [4.69, 9.17) is 4.74 Å². The molecule has 3 aliphatic heterocycles. The molecule has 1 aromatic carbocycles. The molecule has 3 aliphatic rings. The summed E-state index contributed by atoms with van der Waals surface area (Å²) in [5.41, 5.74) is 1.17. The Morgan fingerprint density at radius 1 is 1.11 bits per heavy atom. The highest BCUT2D eigenvalue weighted by Gasteiger charge is 2.38. The molecular weight excluding hydrogens is 370 g/mol. The largest absolute Gasteiger partial charge is 0.376 e. The number of fused-ring (bicyclic) bond motifs is 1. The van der Waals surface area contributed by atoms with Gasteiger partial charge in [0.05, 0.1) is 23.8 Å². The van der Waals surface area contributed by atoms with E-state index in [1.165, 1.54) is 4.90 Å². The second-order valence-electron chi connectivity index (χ2n) is 7.01. The topological polar surface area (TPSA) is 79.0 Å². The van der Waals surface area contributed by atoms with Crippen LogP contribution in [0, 0.1) is 0 Å². The summed E-state index contributed by atoms with van der Waals surface area (Å²) in [5.74, 6) is -0.708. The molecule has 0 bridgehead atoms. The minimum atomic E-state index is -0.326. The van der Waals surface area contributed by atoms with Crippen LogP contribution in [0.15, 0.2) is 18.2 Å². The van der Waals surface area contributed by atoms with E-state index in [9.17, 15) is 14.4 Å². The molecule has 0 spiro atoms. The van der Waals surface area contributed by atoms with E-state index in [0.717, 1.165) is 32.4 Å². The van der Waals surface area contributed by atoms with Crippen LogP contribution in [0.5, 0.6) is 0 Å². The number of halogens is 1. The van der Waals surface area contributed by atoms with Gasteiger partial charge in [-0.3, -0.25) is 19.3 Å². The third kappa shape index (κ3) is 3.85. The fourth-order valence-corrected chi connectivity index (χ4v) is 3.81. The molecule has 2 saturated heterocycles. The monoisotopic (exact) mass is 393 g/mol. The lowest BCUT2D eigenvalue weighted by Crippen LogP contribution is -2.36. The van der Waals surface area contributed by atoms with Crippen molar-refractivity contribution in [3.8, 4) is 0 Å². The molecule has 1 aromatic rings. The summed E-state index contributed by atoms with van der Waals surface area (Å²) < 4.78 is 5.55. The minimum Gasteiger partial charge on any atom is -0.376 e. The fourth-order valence-electron chi connectivity index (χ4n) is 3.81. The van der Waals surface area contributed by atoms with Crippen molar-refractivity contribution in [2.24, 2.45) is 0 Å². The molecule has 27 heavy (non-hydrogen) atoms. The van der Waals surface area contributed by atoms with Gasteiger partial charge in [-0.25, -0.2) is 0 Å². The Morgan fingerprint density at radius 2 is 1.93 bits per heavy atom. The Bertz CT molecular complexity index is 740. The molecule has 0 aliphatic carbocycles. The number of imide groups is 1. The fraction of sp³-hybridized carbons (Fsp3) is 0.526. The molecule has 2 fully saturated rings. The molecule has 7 nitrogen and oxygen atoms in total. The Hall–Kier alpha value is -1.96. The van der Waals surface area contributed by atoms with Gasteiger partial charge < -0.3 is 15.0 Å². The zero-order chi connectivity index (χ0) is 18.1. The van der Waals surface area contributed by atoms with Gasteiger partial charge in [-0.05, 0) is 44.0 Å². The lowest BCUT2D eigenvalue weighted by Gasteiger charge is -2.20. The number of amides is 3. The van der Waals surface area contributed by atoms with Gasteiger partial charge >= 0.3 is 0 Å². The maximum absolute atomic E-state index is 12.8. The third-order valence-corrected chi connectivity index (χ3v) is 5.26.